The summed E-state index contributed by atoms with van der Waals surface area (Å²) in [7, 11) is -3.12. The Morgan fingerprint density at radius 3 is 2.45 bits per heavy atom. The lowest BCUT2D eigenvalue weighted by molar-refractivity contribution is -0.137. The summed E-state index contributed by atoms with van der Waals surface area (Å²) in [6.07, 6.45) is -3.24. The lowest BCUT2D eigenvalue weighted by atomic mass is 9.95. The first-order chi connectivity index (χ1) is 19.9. The third kappa shape index (κ3) is 4.68. The minimum absolute atomic E-state index is 0.0528. The number of nitrogens with one attached hydrogen (secondary N) is 1. The van der Waals surface area contributed by atoms with E-state index in [0.717, 1.165) is 42.4 Å². The molecule has 3 N–H and O–H groups in total. The van der Waals surface area contributed by atoms with Crippen LogP contribution < -0.4 is 20.7 Å². The molecule has 3 fully saturated rings. The van der Waals surface area contributed by atoms with E-state index in [9.17, 15) is 26.0 Å². The van der Waals surface area contributed by atoms with Gasteiger partial charge in [-0.1, -0.05) is 11.3 Å². The molecule has 9 nitrogen and oxygen atoms in total. The normalized spacial score (nSPS) is 22.2. The fourth-order valence-electron chi connectivity index (χ4n) is 6.11. The minimum atomic E-state index is -5.00. The Labute approximate surface area is 239 Å². The molecule has 3 saturated heterocycles. The molecule has 4 aromatic rings. The van der Waals surface area contributed by atoms with Crippen LogP contribution in [0.1, 0.15) is 18.4 Å². The first-order valence-electron chi connectivity index (χ1n) is 13.2. The number of hydrogen-bond acceptors (Lipinski definition) is 10. The molecule has 5 heterocycles. The maximum absolute atomic E-state index is 16.5. The molecule has 2 aromatic heterocycles. The van der Waals surface area contributed by atoms with E-state index < -0.39 is 44.3 Å². The van der Waals surface area contributed by atoms with Crippen molar-refractivity contribution in [1.82, 2.24) is 20.3 Å². The van der Waals surface area contributed by atoms with Gasteiger partial charge in [-0.15, -0.1) is 0 Å². The number of nitrogens with two attached hydrogens (primary N) is 1. The quantitative estimate of drug-likeness (QED) is 0.315. The lowest BCUT2D eigenvalue weighted by Gasteiger charge is -2.34. The Hall–Kier alpha value is -3.37. The van der Waals surface area contributed by atoms with Gasteiger partial charge in [-0.25, -0.2) is 22.2 Å². The summed E-state index contributed by atoms with van der Waals surface area (Å²) in [6.45, 7) is 0.817. The molecule has 16 heteroatoms. The van der Waals surface area contributed by atoms with Gasteiger partial charge < -0.3 is 20.7 Å². The number of alkyl halides is 3. The zero-order chi connectivity index (χ0) is 29.6. The molecular weight excluding hydrogens is 603 g/mol. The number of thiazole rings is 1. The van der Waals surface area contributed by atoms with E-state index in [-0.39, 0.29) is 74.2 Å². The molecule has 3 aliphatic heterocycles. The standard InChI is InChI=1S/C26H23F5N6O3S2/c27-17-4-3-14(21-22(17)41-24(32)34-21)18-16(26(29,30)31)5-15-20(19(18)28)35-25(40-8-11-9-42(38,39)10-11)36-23(15)37-6-12-1-2-13(7-37)33-12/h3-5,11-13,33H,1-2,6-10H2,(H2,32,34). The number of piperazine rings is 1. The number of aromatic nitrogens is 3. The van der Waals surface area contributed by atoms with Crippen LogP contribution in [-0.4, -0.2) is 66.7 Å². The van der Waals surface area contributed by atoms with E-state index in [1.807, 2.05) is 0 Å². The van der Waals surface area contributed by atoms with E-state index in [1.165, 1.54) is 0 Å². The summed E-state index contributed by atoms with van der Waals surface area (Å²) in [4.78, 5) is 14.4. The van der Waals surface area contributed by atoms with E-state index in [1.54, 1.807) is 4.90 Å². The van der Waals surface area contributed by atoms with E-state index >= 15 is 4.39 Å². The van der Waals surface area contributed by atoms with Crippen molar-refractivity contribution in [2.75, 3.05) is 41.8 Å². The van der Waals surface area contributed by atoms with Crippen LogP contribution >= 0.6 is 11.3 Å². The average Bonchev–Trinajstić information content (AvgIpc) is 3.47. The number of benzene rings is 2. The zero-order valence-electron chi connectivity index (χ0n) is 21.7. The maximum Gasteiger partial charge on any atom is 0.417 e. The van der Waals surface area contributed by atoms with Crippen LogP contribution in [0, 0.1) is 17.6 Å². The molecule has 0 aliphatic carbocycles. The molecule has 2 unspecified atom stereocenters. The van der Waals surface area contributed by atoms with Gasteiger partial charge in [-0.3, -0.25) is 0 Å². The van der Waals surface area contributed by atoms with E-state index in [2.05, 4.69) is 20.3 Å². The van der Waals surface area contributed by atoms with Crippen LogP contribution in [-0.2, 0) is 16.0 Å². The topological polar surface area (TPSA) is 123 Å². The average molecular weight is 627 g/mol. The predicted octanol–water partition coefficient (Wildman–Crippen LogP) is 4.15. The van der Waals surface area contributed by atoms with Crippen molar-refractivity contribution in [2.24, 2.45) is 5.92 Å². The number of nitrogen functional groups attached to an aromatic ring is 1. The molecule has 0 saturated carbocycles. The second kappa shape index (κ2) is 9.57. The molecule has 3 aliphatic rings. The molecule has 2 atom stereocenters. The van der Waals surface area contributed by atoms with Crippen LogP contribution in [0.2, 0.25) is 0 Å². The highest BCUT2D eigenvalue weighted by Gasteiger charge is 2.40. The summed E-state index contributed by atoms with van der Waals surface area (Å²) in [6, 6.07) is 2.71. The minimum Gasteiger partial charge on any atom is -0.463 e. The van der Waals surface area contributed by atoms with Gasteiger partial charge >= 0.3 is 12.2 Å². The Morgan fingerprint density at radius 1 is 1.07 bits per heavy atom. The second-order valence-corrected chi connectivity index (χ2v) is 14.1. The number of sulfone groups is 1. The molecular formula is C26H23F5N6O3S2. The fourth-order valence-corrected chi connectivity index (χ4v) is 8.40. The highest BCUT2D eigenvalue weighted by atomic mass is 32.2. The Bertz CT molecular complexity index is 1840. The Kier molecular flexibility index (Phi) is 6.26. The van der Waals surface area contributed by atoms with Crippen molar-refractivity contribution in [3.8, 4) is 17.1 Å². The van der Waals surface area contributed by atoms with E-state index in [4.69, 9.17) is 10.5 Å². The molecule has 0 radical (unpaired) electrons. The Balaban J connectivity index is 1.44. The summed E-state index contributed by atoms with van der Waals surface area (Å²) in [5.74, 6) is -2.39. The van der Waals surface area contributed by atoms with Gasteiger partial charge in [0.05, 0.1) is 33.9 Å². The van der Waals surface area contributed by atoms with Crippen molar-refractivity contribution in [3.63, 3.8) is 0 Å². The molecule has 222 valence electrons. The maximum atomic E-state index is 16.5. The van der Waals surface area contributed by atoms with Crippen LogP contribution in [0.4, 0.5) is 32.9 Å². The summed E-state index contributed by atoms with van der Waals surface area (Å²) < 4.78 is 104. The smallest absolute Gasteiger partial charge is 0.417 e. The van der Waals surface area contributed by atoms with Crippen LogP contribution in [0.3, 0.4) is 0 Å². The van der Waals surface area contributed by atoms with Gasteiger partial charge in [0.1, 0.15) is 17.2 Å². The molecule has 0 spiro atoms. The lowest BCUT2D eigenvalue weighted by Crippen LogP contribution is -2.51. The Morgan fingerprint density at radius 2 is 1.79 bits per heavy atom. The van der Waals surface area contributed by atoms with Crippen molar-refractivity contribution < 1.29 is 35.1 Å². The third-order valence-corrected chi connectivity index (χ3v) is 10.8. The van der Waals surface area contributed by atoms with Crippen LogP contribution in [0.25, 0.3) is 32.2 Å². The number of rotatable bonds is 5. The van der Waals surface area contributed by atoms with Gasteiger partial charge in [0.25, 0.3) is 0 Å². The molecule has 7 rings (SSSR count). The summed E-state index contributed by atoms with van der Waals surface area (Å²) >= 11 is 0.744. The van der Waals surface area contributed by atoms with Gasteiger partial charge in [0.15, 0.2) is 20.8 Å². The monoisotopic (exact) mass is 626 g/mol. The summed E-state index contributed by atoms with van der Waals surface area (Å²) in [5, 5.41) is 3.20. The fraction of sp³-hybridized carbons (Fsp3) is 0.423. The van der Waals surface area contributed by atoms with E-state index in [0.29, 0.717) is 13.1 Å². The third-order valence-electron chi connectivity index (χ3n) is 7.92. The second-order valence-electron chi connectivity index (χ2n) is 11.0. The predicted molar refractivity (Wildman–Crippen MR) is 147 cm³/mol. The molecule has 0 amide bonds. The first kappa shape index (κ1) is 27.5. The highest BCUT2D eigenvalue weighted by Crippen LogP contribution is 2.46. The van der Waals surface area contributed by atoms with Crippen molar-refractivity contribution >= 4 is 53.2 Å². The van der Waals surface area contributed by atoms with Crippen molar-refractivity contribution in [1.29, 1.82) is 0 Å². The number of anilines is 2. The van der Waals surface area contributed by atoms with Crippen LogP contribution in [0.5, 0.6) is 6.01 Å². The largest absolute Gasteiger partial charge is 0.463 e. The van der Waals surface area contributed by atoms with Gasteiger partial charge in [0.2, 0.25) is 0 Å². The first-order valence-corrected chi connectivity index (χ1v) is 15.8. The number of hydrogen-bond donors (Lipinski definition) is 2. The van der Waals surface area contributed by atoms with Gasteiger partial charge in [-0.2, -0.15) is 23.1 Å². The molecule has 2 bridgehead atoms. The van der Waals surface area contributed by atoms with Crippen molar-refractivity contribution in [3.05, 3.63) is 35.4 Å². The number of fused-ring (bicyclic) bond motifs is 4. The SMILES string of the molecule is Nc1nc2c(-c3c(C(F)(F)F)cc4c(N5CC6CCC(C5)N6)nc(OCC5CS(=O)(=O)C5)nc4c3F)ccc(F)c2s1. The number of halogens is 5. The van der Waals surface area contributed by atoms with Gasteiger partial charge in [-0.05, 0) is 31.0 Å². The zero-order valence-corrected chi connectivity index (χ0v) is 23.3. The number of nitrogens with zero attached hydrogens (tertiary/aromatic N) is 4. The van der Waals surface area contributed by atoms with Gasteiger partial charge in [0, 0.05) is 47.6 Å². The number of ether oxygens (including phenoxy) is 1. The van der Waals surface area contributed by atoms with Crippen molar-refractivity contribution in [2.45, 2.75) is 31.1 Å². The molecule has 42 heavy (non-hydrogen) atoms. The summed E-state index contributed by atoms with van der Waals surface area (Å²) in [5.41, 5.74) is 2.72. The highest BCUT2D eigenvalue weighted by molar-refractivity contribution is 7.92. The van der Waals surface area contributed by atoms with Crippen LogP contribution in [0.15, 0.2) is 18.2 Å². The molecule has 2 aromatic carbocycles.